The van der Waals surface area contributed by atoms with Crippen LogP contribution in [0.5, 0.6) is 5.75 Å². The van der Waals surface area contributed by atoms with Crippen LogP contribution < -0.4 is 4.74 Å². The van der Waals surface area contributed by atoms with E-state index in [1.165, 1.54) is 12.1 Å². The Morgan fingerprint density at radius 2 is 2.29 bits per heavy atom. The Bertz CT molecular complexity index is 312. The van der Waals surface area contributed by atoms with Gasteiger partial charge in [-0.15, -0.1) is 0 Å². The number of carbonyl (C=O) groups is 1. The van der Waals surface area contributed by atoms with Crippen molar-refractivity contribution in [3.63, 3.8) is 0 Å². The average molecular weight is 198 g/mol. The molecular formula is C10H11FO3. The largest absolute Gasteiger partial charge is 0.467 e. The Kier molecular flexibility index (Phi) is 4.07. The molecule has 4 heteroatoms. The highest BCUT2D eigenvalue weighted by Crippen LogP contribution is 2.17. The molecule has 0 amide bonds. The molecule has 0 aliphatic rings. The number of hydrogen-bond donors (Lipinski definition) is 0. The Balaban J connectivity index is 2.70. The van der Waals surface area contributed by atoms with Gasteiger partial charge < -0.3 is 9.47 Å². The van der Waals surface area contributed by atoms with E-state index in [1.54, 1.807) is 0 Å². The predicted octanol–water partition coefficient (Wildman–Crippen LogP) is 2.01. The Morgan fingerprint density at radius 3 is 2.93 bits per heavy atom. The van der Waals surface area contributed by atoms with Crippen molar-refractivity contribution in [2.75, 3.05) is 13.4 Å². The first kappa shape index (κ1) is 10.7. The van der Waals surface area contributed by atoms with Gasteiger partial charge in [0.1, 0.15) is 11.6 Å². The lowest BCUT2D eigenvalue weighted by Crippen LogP contribution is -2.04. The van der Waals surface area contributed by atoms with Gasteiger partial charge in [0.2, 0.25) is 0 Å². The molecule has 14 heavy (non-hydrogen) atoms. The summed E-state index contributed by atoms with van der Waals surface area (Å²) in [5, 5.41) is 0. The van der Waals surface area contributed by atoms with E-state index in [1.807, 2.05) is 6.92 Å². The number of hydrogen-bond acceptors (Lipinski definition) is 3. The van der Waals surface area contributed by atoms with E-state index in [0.29, 0.717) is 18.6 Å². The fraction of sp³-hybridized carbons (Fsp3) is 0.300. The van der Waals surface area contributed by atoms with Crippen LogP contribution in [0.3, 0.4) is 0 Å². The van der Waals surface area contributed by atoms with Gasteiger partial charge in [-0.25, -0.2) is 4.39 Å². The van der Waals surface area contributed by atoms with Crippen LogP contribution in [-0.2, 0) is 4.74 Å². The third-order valence-corrected chi connectivity index (χ3v) is 1.60. The fourth-order valence-corrected chi connectivity index (χ4v) is 0.931. The molecule has 3 nitrogen and oxygen atoms in total. The number of carbonyl (C=O) groups excluding carboxylic acids is 1. The lowest BCUT2D eigenvalue weighted by atomic mass is 10.2. The summed E-state index contributed by atoms with van der Waals surface area (Å²) in [5.41, 5.74) is 0.185. The Hall–Kier alpha value is -1.42. The van der Waals surface area contributed by atoms with Crippen molar-refractivity contribution >= 4 is 6.29 Å². The van der Waals surface area contributed by atoms with E-state index in [4.69, 9.17) is 9.47 Å². The van der Waals surface area contributed by atoms with E-state index < -0.39 is 5.82 Å². The van der Waals surface area contributed by atoms with E-state index >= 15 is 0 Å². The molecule has 1 aromatic carbocycles. The van der Waals surface area contributed by atoms with Crippen molar-refractivity contribution in [2.24, 2.45) is 0 Å². The topological polar surface area (TPSA) is 35.5 Å². The zero-order valence-corrected chi connectivity index (χ0v) is 7.83. The summed E-state index contributed by atoms with van der Waals surface area (Å²) in [6, 6.07) is 3.75. The van der Waals surface area contributed by atoms with Crippen LogP contribution in [0, 0.1) is 5.82 Å². The lowest BCUT2D eigenvalue weighted by molar-refractivity contribution is 0.0220. The van der Waals surface area contributed by atoms with Crippen LogP contribution in [0.15, 0.2) is 18.2 Å². The lowest BCUT2D eigenvalue weighted by Gasteiger charge is -2.07. The van der Waals surface area contributed by atoms with Crippen molar-refractivity contribution in [3.8, 4) is 5.75 Å². The minimum Gasteiger partial charge on any atom is -0.467 e. The van der Waals surface area contributed by atoms with Crippen molar-refractivity contribution in [3.05, 3.63) is 29.6 Å². The van der Waals surface area contributed by atoms with Crippen molar-refractivity contribution < 1.29 is 18.7 Å². The molecule has 0 N–H and O–H groups in total. The maximum absolute atomic E-state index is 12.7. The summed E-state index contributed by atoms with van der Waals surface area (Å²) in [5.74, 6) is -0.134. The van der Waals surface area contributed by atoms with Gasteiger partial charge in [0.15, 0.2) is 13.1 Å². The van der Waals surface area contributed by atoms with Gasteiger partial charge in [0.25, 0.3) is 0 Å². The summed E-state index contributed by atoms with van der Waals surface area (Å²) in [4.78, 5) is 10.5. The molecule has 0 aromatic heterocycles. The molecule has 0 atom stereocenters. The fourth-order valence-electron chi connectivity index (χ4n) is 0.931. The molecule has 0 aliphatic heterocycles. The minimum absolute atomic E-state index is 0.0585. The molecule has 0 aliphatic carbocycles. The molecule has 0 unspecified atom stereocenters. The standard InChI is InChI=1S/C10H11FO3/c1-2-13-7-14-10-4-3-9(11)5-8(10)6-12/h3-6H,2,7H2,1H3. The third kappa shape index (κ3) is 2.81. The predicted molar refractivity (Wildman–Crippen MR) is 48.9 cm³/mol. The number of ether oxygens (including phenoxy) is 2. The summed E-state index contributed by atoms with van der Waals surface area (Å²) >= 11 is 0. The first-order chi connectivity index (χ1) is 6.77. The highest BCUT2D eigenvalue weighted by Gasteiger charge is 2.03. The summed E-state index contributed by atoms with van der Waals surface area (Å²) in [6.07, 6.45) is 0.546. The smallest absolute Gasteiger partial charge is 0.189 e. The minimum atomic E-state index is -0.462. The van der Waals surface area contributed by atoms with Gasteiger partial charge in [0, 0.05) is 6.61 Å². The Labute approximate surface area is 81.4 Å². The normalized spacial score (nSPS) is 9.86. The second-order valence-electron chi connectivity index (χ2n) is 2.55. The number of benzene rings is 1. The van der Waals surface area contributed by atoms with E-state index in [0.717, 1.165) is 6.07 Å². The van der Waals surface area contributed by atoms with Crippen LogP contribution in [-0.4, -0.2) is 19.7 Å². The zero-order valence-electron chi connectivity index (χ0n) is 7.83. The summed E-state index contributed by atoms with van der Waals surface area (Å²) < 4.78 is 22.7. The highest BCUT2D eigenvalue weighted by molar-refractivity contribution is 5.79. The van der Waals surface area contributed by atoms with Crippen molar-refractivity contribution in [1.82, 2.24) is 0 Å². The van der Waals surface area contributed by atoms with Crippen molar-refractivity contribution in [2.45, 2.75) is 6.92 Å². The number of halogens is 1. The molecule has 0 heterocycles. The van der Waals surface area contributed by atoms with Crippen LogP contribution in [0.25, 0.3) is 0 Å². The molecule has 0 fully saturated rings. The molecule has 0 bridgehead atoms. The highest BCUT2D eigenvalue weighted by atomic mass is 19.1. The average Bonchev–Trinajstić information content (AvgIpc) is 2.20. The molecule has 76 valence electrons. The first-order valence-electron chi connectivity index (χ1n) is 4.23. The first-order valence-corrected chi connectivity index (χ1v) is 4.23. The van der Waals surface area contributed by atoms with Crippen LogP contribution in [0.1, 0.15) is 17.3 Å². The van der Waals surface area contributed by atoms with E-state index in [9.17, 15) is 9.18 Å². The SMILES string of the molecule is CCOCOc1ccc(F)cc1C=O. The van der Waals surface area contributed by atoms with Gasteiger partial charge >= 0.3 is 0 Å². The molecule has 0 radical (unpaired) electrons. The molecule has 0 saturated heterocycles. The molecule has 0 spiro atoms. The maximum atomic E-state index is 12.7. The quantitative estimate of drug-likeness (QED) is 0.412. The molecule has 0 saturated carbocycles. The van der Waals surface area contributed by atoms with Crippen LogP contribution in [0.2, 0.25) is 0 Å². The summed E-state index contributed by atoms with van der Waals surface area (Å²) in [7, 11) is 0. The second-order valence-corrected chi connectivity index (χ2v) is 2.55. The van der Waals surface area contributed by atoms with Gasteiger partial charge in [-0.2, -0.15) is 0 Å². The van der Waals surface area contributed by atoms with Gasteiger partial charge in [0.05, 0.1) is 5.56 Å². The van der Waals surface area contributed by atoms with Crippen LogP contribution >= 0.6 is 0 Å². The Morgan fingerprint density at radius 1 is 1.50 bits per heavy atom. The molecule has 1 aromatic rings. The molecular weight excluding hydrogens is 187 g/mol. The number of aldehydes is 1. The number of rotatable bonds is 5. The molecule has 1 rings (SSSR count). The van der Waals surface area contributed by atoms with Gasteiger partial charge in [-0.3, -0.25) is 4.79 Å². The second kappa shape index (κ2) is 5.34. The van der Waals surface area contributed by atoms with Crippen molar-refractivity contribution in [1.29, 1.82) is 0 Å². The third-order valence-electron chi connectivity index (χ3n) is 1.60. The maximum Gasteiger partial charge on any atom is 0.189 e. The van der Waals surface area contributed by atoms with E-state index in [-0.39, 0.29) is 12.4 Å². The van der Waals surface area contributed by atoms with Gasteiger partial charge in [-0.1, -0.05) is 0 Å². The van der Waals surface area contributed by atoms with E-state index in [2.05, 4.69) is 0 Å². The summed E-state index contributed by atoms with van der Waals surface area (Å²) in [6.45, 7) is 2.41. The monoisotopic (exact) mass is 198 g/mol. The van der Waals surface area contributed by atoms with Crippen LogP contribution in [0.4, 0.5) is 4.39 Å². The zero-order chi connectivity index (χ0) is 10.4. The van der Waals surface area contributed by atoms with Gasteiger partial charge in [-0.05, 0) is 25.1 Å².